The average molecular weight is 318 g/mol. The Labute approximate surface area is 138 Å². The molecule has 0 bridgehead atoms. The molecule has 0 aliphatic rings. The molecule has 0 saturated heterocycles. The van der Waals surface area contributed by atoms with E-state index >= 15 is 0 Å². The predicted molar refractivity (Wildman–Crippen MR) is 97.6 cm³/mol. The summed E-state index contributed by atoms with van der Waals surface area (Å²) in [4.78, 5) is 15.3. The zero-order valence-corrected chi connectivity index (χ0v) is 13.4. The first-order chi connectivity index (χ1) is 11.7. The Morgan fingerprint density at radius 1 is 1.12 bits per heavy atom. The Balaban J connectivity index is 1.96. The third-order valence-electron chi connectivity index (χ3n) is 4.30. The van der Waals surface area contributed by atoms with Crippen LogP contribution < -0.4 is 11.3 Å². The maximum atomic E-state index is 12.4. The fourth-order valence-corrected chi connectivity index (χ4v) is 3.12. The van der Waals surface area contributed by atoms with Crippen LogP contribution in [0.2, 0.25) is 0 Å². The molecular weight excluding hydrogens is 300 g/mol. The largest absolute Gasteiger partial charge is 0.383 e. The Hall–Kier alpha value is -3.08. The van der Waals surface area contributed by atoms with E-state index in [9.17, 15) is 4.79 Å². The topological polar surface area (TPSA) is 76.7 Å². The molecule has 120 valence electrons. The standard InChI is InChI=1S/C19H18N4O/c1-2-5-12-8-10-13(11-9-12)23-18(20)16-17(22-23)14-6-3-4-7-15(14)21-19(16)24/h3-4,6-11H,2,5,20H2,1H3,(H,21,24). The van der Waals surface area contributed by atoms with Crippen LogP contribution in [-0.2, 0) is 6.42 Å². The summed E-state index contributed by atoms with van der Waals surface area (Å²) < 4.78 is 1.64. The van der Waals surface area contributed by atoms with Crippen molar-refractivity contribution in [2.24, 2.45) is 0 Å². The van der Waals surface area contributed by atoms with E-state index in [1.54, 1.807) is 4.68 Å². The summed E-state index contributed by atoms with van der Waals surface area (Å²) in [5.41, 5.74) is 9.55. The van der Waals surface area contributed by atoms with Crippen LogP contribution in [0.3, 0.4) is 0 Å². The highest BCUT2D eigenvalue weighted by Crippen LogP contribution is 2.26. The van der Waals surface area contributed by atoms with E-state index in [1.807, 2.05) is 36.4 Å². The molecule has 0 unspecified atom stereocenters. The lowest BCUT2D eigenvalue weighted by Crippen LogP contribution is -2.08. The SMILES string of the molecule is CCCc1ccc(-n2nc3c(c2N)c(=O)[nH]c2ccccc23)cc1. The van der Waals surface area contributed by atoms with Crippen molar-refractivity contribution in [3.63, 3.8) is 0 Å². The number of H-pyrrole nitrogens is 1. The summed E-state index contributed by atoms with van der Waals surface area (Å²) >= 11 is 0. The smallest absolute Gasteiger partial charge is 0.261 e. The normalized spacial score (nSPS) is 11.4. The van der Waals surface area contributed by atoms with E-state index in [0.717, 1.165) is 29.4 Å². The average Bonchev–Trinajstić information content (AvgIpc) is 2.94. The van der Waals surface area contributed by atoms with Crippen LogP contribution in [0, 0.1) is 0 Å². The van der Waals surface area contributed by atoms with Gasteiger partial charge in [-0.25, -0.2) is 4.68 Å². The maximum absolute atomic E-state index is 12.4. The molecule has 4 aromatic rings. The fraction of sp³-hybridized carbons (Fsp3) is 0.158. The van der Waals surface area contributed by atoms with Crippen molar-refractivity contribution in [3.05, 3.63) is 64.4 Å². The number of aryl methyl sites for hydroxylation is 1. The van der Waals surface area contributed by atoms with Crippen molar-refractivity contribution in [2.45, 2.75) is 19.8 Å². The van der Waals surface area contributed by atoms with E-state index in [0.29, 0.717) is 16.7 Å². The third-order valence-corrected chi connectivity index (χ3v) is 4.30. The zero-order valence-electron chi connectivity index (χ0n) is 13.4. The highest BCUT2D eigenvalue weighted by molar-refractivity contribution is 6.06. The Morgan fingerprint density at radius 3 is 2.62 bits per heavy atom. The third kappa shape index (κ3) is 2.17. The summed E-state index contributed by atoms with van der Waals surface area (Å²) in [6, 6.07) is 15.7. The molecule has 5 nitrogen and oxygen atoms in total. The molecule has 0 atom stereocenters. The Bertz CT molecular complexity index is 1090. The van der Waals surface area contributed by atoms with E-state index < -0.39 is 0 Å². The molecule has 0 radical (unpaired) electrons. The first kappa shape index (κ1) is 14.5. The molecule has 0 aliphatic carbocycles. The molecule has 24 heavy (non-hydrogen) atoms. The molecule has 4 rings (SSSR count). The van der Waals surface area contributed by atoms with Gasteiger partial charge in [-0.2, -0.15) is 5.10 Å². The molecule has 3 N–H and O–H groups in total. The number of nitrogen functional groups attached to an aromatic ring is 1. The van der Waals surface area contributed by atoms with Gasteiger partial charge in [0.25, 0.3) is 5.56 Å². The van der Waals surface area contributed by atoms with Gasteiger partial charge in [0.1, 0.15) is 16.7 Å². The molecule has 0 spiro atoms. The van der Waals surface area contributed by atoms with E-state index in [4.69, 9.17) is 5.73 Å². The molecule has 0 fully saturated rings. The van der Waals surface area contributed by atoms with Crippen molar-refractivity contribution in [2.75, 3.05) is 5.73 Å². The van der Waals surface area contributed by atoms with Crippen LogP contribution >= 0.6 is 0 Å². The van der Waals surface area contributed by atoms with Crippen molar-refractivity contribution >= 4 is 27.6 Å². The summed E-state index contributed by atoms with van der Waals surface area (Å²) in [6.45, 7) is 2.16. The number of nitrogens with two attached hydrogens (primary N) is 1. The fourth-order valence-electron chi connectivity index (χ4n) is 3.12. The number of para-hydroxylation sites is 1. The summed E-state index contributed by atoms with van der Waals surface area (Å²) in [7, 11) is 0. The number of rotatable bonds is 3. The Morgan fingerprint density at radius 2 is 1.88 bits per heavy atom. The maximum Gasteiger partial charge on any atom is 0.261 e. The number of aromatic amines is 1. The summed E-state index contributed by atoms with van der Waals surface area (Å²) in [5, 5.41) is 5.94. The van der Waals surface area contributed by atoms with Gasteiger partial charge in [-0.15, -0.1) is 0 Å². The van der Waals surface area contributed by atoms with Crippen molar-refractivity contribution in [1.29, 1.82) is 0 Å². The number of anilines is 1. The van der Waals surface area contributed by atoms with Gasteiger partial charge in [0.05, 0.1) is 11.2 Å². The first-order valence-corrected chi connectivity index (χ1v) is 8.07. The number of hydrogen-bond acceptors (Lipinski definition) is 3. The van der Waals surface area contributed by atoms with Crippen molar-refractivity contribution in [1.82, 2.24) is 14.8 Å². The number of hydrogen-bond donors (Lipinski definition) is 2. The number of aromatic nitrogens is 3. The number of fused-ring (bicyclic) bond motifs is 3. The zero-order chi connectivity index (χ0) is 16.7. The van der Waals surface area contributed by atoms with Gasteiger partial charge in [0.15, 0.2) is 0 Å². The van der Waals surface area contributed by atoms with Crippen LogP contribution in [0.15, 0.2) is 53.3 Å². The molecule has 2 aromatic heterocycles. The molecule has 2 heterocycles. The molecular formula is C19H18N4O. The lowest BCUT2D eigenvalue weighted by Gasteiger charge is -2.05. The minimum atomic E-state index is -0.213. The van der Waals surface area contributed by atoms with E-state index in [-0.39, 0.29) is 5.56 Å². The minimum absolute atomic E-state index is 0.213. The van der Waals surface area contributed by atoms with Gasteiger partial charge in [0.2, 0.25) is 0 Å². The monoisotopic (exact) mass is 318 g/mol. The Kier molecular flexibility index (Phi) is 3.34. The number of pyridine rings is 1. The van der Waals surface area contributed by atoms with Crippen LogP contribution in [0.5, 0.6) is 0 Å². The molecule has 2 aromatic carbocycles. The van der Waals surface area contributed by atoms with Gasteiger partial charge in [-0.3, -0.25) is 4.79 Å². The second-order valence-corrected chi connectivity index (χ2v) is 5.94. The number of nitrogens with zero attached hydrogens (tertiary/aromatic N) is 2. The van der Waals surface area contributed by atoms with Crippen LogP contribution in [0.25, 0.3) is 27.5 Å². The van der Waals surface area contributed by atoms with Gasteiger partial charge < -0.3 is 10.7 Å². The lowest BCUT2D eigenvalue weighted by molar-refractivity contribution is 0.896. The lowest BCUT2D eigenvalue weighted by atomic mass is 10.1. The van der Waals surface area contributed by atoms with Gasteiger partial charge in [-0.05, 0) is 30.2 Å². The predicted octanol–water partition coefficient (Wildman–Crippen LogP) is 3.40. The second-order valence-electron chi connectivity index (χ2n) is 5.94. The molecule has 5 heteroatoms. The second kappa shape index (κ2) is 5.53. The molecule has 0 saturated carbocycles. The number of nitrogens with one attached hydrogen (secondary N) is 1. The molecule has 0 amide bonds. The highest BCUT2D eigenvalue weighted by Gasteiger charge is 2.16. The molecule has 0 aliphatic heterocycles. The van der Waals surface area contributed by atoms with Crippen LogP contribution in [0.1, 0.15) is 18.9 Å². The van der Waals surface area contributed by atoms with E-state index in [2.05, 4.69) is 29.1 Å². The first-order valence-electron chi connectivity index (χ1n) is 8.07. The highest BCUT2D eigenvalue weighted by atomic mass is 16.1. The van der Waals surface area contributed by atoms with E-state index in [1.165, 1.54) is 5.56 Å². The minimum Gasteiger partial charge on any atom is -0.383 e. The van der Waals surface area contributed by atoms with Crippen LogP contribution in [0.4, 0.5) is 5.82 Å². The van der Waals surface area contributed by atoms with Gasteiger partial charge in [0, 0.05) is 5.39 Å². The summed E-state index contributed by atoms with van der Waals surface area (Å²) in [6.07, 6.45) is 2.15. The van der Waals surface area contributed by atoms with Crippen molar-refractivity contribution in [3.8, 4) is 5.69 Å². The van der Waals surface area contributed by atoms with Crippen LogP contribution in [-0.4, -0.2) is 14.8 Å². The number of benzene rings is 2. The van der Waals surface area contributed by atoms with Gasteiger partial charge >= 0.3 is 0 Å². The summed E-state index contributed by atoms with van der Waals surface area (Å²) in [5.74, 6) is 0.361. The quantitative estimate of drug-likeness (QED) is 0.608. The van der Waals surface area contributed by atoms with Gasteiger partial charge in [-0.1, -0.05) is 43.7 Å². The van der Waals surface area contributed by atoms with Crippen molar-refractivity contribution < 1.29 is 0 Å².